The summed E-state index contributed by atoms with van der Waals surface area (Å²) >= 11 is 0. The first kappa shape index (κ1) is 19.1. The van der Waals surface area contributed by atoms with Crippen molar-refractivity contribution < 1.29 is 9.90 Å². The van der Waals surface area contributed by atoms with Crippen LogP contribution in [-0.4, -0.2) is 31.1 Å². The van der Waals surface area contributed by atoms with Crippen molar-refractivity contribution in [1.29, 1.82) is 0 Å². The number of aliphatic hydroxyl groups excluding tert-OH is 1. The second kappa shape index (κ2) is 6.84. The van der Waals surface area contributed by atoms with E-state index in [-0.39, 0.29) is 11.5 Å². The number of carbonyl (C=O) groups is 1. The summed E-state index contributed by atoms with van der Waals surface area (Å²) in [5.41, 5.74) is 7.02. The molecule has 1 aromatic rings. The molecule has 0 bridgehead atoms. The van der Waals surface area contributed by atoms with Crippen molar-refractivity contribution in [1.82, 2.24) is 0 Å². The van der Waals surface area contributed by atoms with E-state index >= 15 is 0 Å². The van der Waals surface area contributed by atoms with Crippen molar-refractivity contribution in [2.75, 3.05) is 19.0 Å². The summed E-state index contributed by atoms with van der Waals surface area (Å²) in [7, 11) is 4.19. The van der Waals surface area contributed by atoms with E-state index in [9.17, 15) is 9.90 Å². The molecule has 4 aliphatic rings. The lowest BCUT2D eigenvalue weighted by Gasteiger charge is -2.52. The predicted octanol–water partition coefficient (Wildman–Crippen LogP) is 5.01. The number of allylic oxidation sites excluding steroid dienone is 4. The van der Waals surface area contributed by atoms with Gasteiger partial charge in [0.2, 0.25) is 0 Å². The molecule has 0 heterocycles. The number of ketones is 1. The zero-order chi connectivity index (χ0) is 20.3. The molecule has 0 saturated heterocycles. The number of aliphatic hydroxyl groups is 1. The molecular weight excluding hydrogens is 358 g/mol. The van der Waals surface area contributed by atoms with E-state index in [2.05, 4.69) is 50.2 Å². The Bertz CT molecular complexity index is 911. The van der Waals surface area contributed by atoms with Gasteiger partial charge >= 0.3 is 0 Å². The molecule has 2 fully saturated rings. The molecule has 1 aromatic carbocycles. The first-order valence-corrected chi connectivity index (χ1v) is 11.3. The molecule has 2 saturated carbocycles. The van der Waals surface area contributed by atoms with Gasteiger partial charge in [-0.2, -0.15) is 0 Å². The minimum atomic E-state index is -0.191. The van der Waals surface area contributed by atoms with Crippen LogP contribution in [-0.2, 0) is 4.79 Å². The van der Waals surface area contributed by atoms with Crippen LogP contribution in [0.2, 0.25) is 0 Å². The fourth-order valence-corrected chi connectivity index (χ4v) is 6.95. The maximum atomic E-state index is 12.1. The van der Waals surface area contributed by atoms with Crippen LogP contribution in [0.3, 0.4) is 0 Å². The topological polar surface area (TPSA) is 40.5 Å². The van der Waals surface area contributed by atoms with Crippen molar-refractivity contribution in [3.8, 4) is 0 Å². The summed E-state index contributed by atoms with van der Waals surface area (Å²) in [4.78, 5) is 14.3. The maximum absolute atomic E-state index is 12.1. The Balaban J connectivity index is 1.68. The Labute approximate surface area is 174 Å². The van der Waals surface area contributed by atoms with Crippen LogP contribution in [0, 0.1) is 17.3 Å². The highest BCUT2D eigenvalue weighted by Crippen LogP contribution is 2.63. The van der Waals surface area contributed by atoms with Gasteiger partial charge in [-0.1, -0.05) is 24.6 Å². The van der Waals surface area contributed by atoms with Gasteiger partial charge in [0.05, 0.1) is 6.10 Å². The number of fused-ring (bicyclic) bond motifs is 4. The van der Waals surface area contributed by atoms with E-state index in [4.69, 9.17) is 0 Å². The monoisotopic (exact) mass is 391 g/mol. The second-order valence-corrected chi connectivity index (χ2v) is 10.2. The molecule has 154 valence electrons. The first-order chi connectivity index (χ1) is 13.9. The maximum Gasteiger partial charge on any atom is 0.156 e. The summed E-state index contributed by atoms with van der Waals surface area (Å²) < 4.78 is 0. The molecule has 0 spiro atoms. The third kappa shape index (κ3) is 2.92. The van der Waals surface area contributed by atoms with E-state index in [1.54, 1.807) is 5.57 Å². The highest BCUT2D eigenvalue weighted by Gasteiger charge is 2.56. The van der Waals surface area contributed by atoms with Gasteiger partial charge in [0.1, 0.15) is 0 Å². The first-order valence-electron chi connectivity index (χ1n) is 11.3. The minimum Gasteiger partial charge on any atom is -0.393 e. The van der Waals surface area contributed by atoms with E-state index in [1.807, 2.05) is 6.08 Å². The van der Waals surface area contributed by atoms with Crippen molar-refractivity contribution >= 4 is 11.5 Å². The predicted molar refractivity (Wildman–Crippen MR) is 117 cm³/mol. The molecule has 0 aliphatic heterocycles. The Hall–Kier alpha value is -1.87. The second-order valence-electron chi connectivity index (χ2n) is 10.2. The van der Waals surface area contributed by atoms with Crippen LogP contribution in [0.5, 0.6) is 0 Å². The molecule has 4 aliphatic carbocycles. The van der Waals surface area contributed by atoms with Crippen molar-refractivity contribution in [2.45, 2.75) is 63.9 Å². The zero-order valence-corrected chi connectivity index (χ0v) is 17.9. The van der Waals surface area contributed by atoms with Crippen LogP contribution in [0.15, 0.2) is 47.1 Å². The van der Waals surface area contributed by atoms with Gasteiger partial charge in [-0.15, -0.1) is 0 Å². The summed E-state index contributed by atoms with van der Waals surface area (Å²) in [6, 6.07) is 8.96. The lowest BCUT2D eigenvalue weighted by atomic mass is 9.53. The fraction of sp³-hybridized carbons (Fsp3) is 0.577. The molecule has 5 unspecified atom stereocenters. The third-order valence-corrected chi connectivity index (χ3v) is 8.47. The van der Waals surface area contributed by atoms with Crippen LogP contribution in [0.25, 0.3) is 0 Å². The van der Waals surface area contributed by atoms with Crippen LogP contribution in [0.1, 0.15) is 63.4 Å². The van der Waals surface area contributed by atoms with Gasteiger partial charge in [-0.05, 0) is 90.7 Å². The quantitative estimate of drug-likeness (QED) is 0.770. The molecule has 29 heavy (non-hydrogen) atoms. The molecule has 5 rings (SSSR count). The highest BCUT2D eigenvalue weighted by molar-refractivity contribution is 5.93. The lowest BCUT2D eigenvalue weighted by Crippen LogP contribution is -2.45. The average Bonchev–Trinajstić information content (AvgIpc) is 3.01. The van der Waals surface area contributed by atoms with Crippen LogP contribution < -0.4 is 4.90 Å². The van der Waals surface area contributed by atoms with Gasteiger partial charge in [-0.25, -0.2) is 0 Å². The molecule has 3 nitrogen and oxygen atoms in total. The molecule has 5 atom stereocenters. The largest absolute Gasteiger partial charge is 0.393 e. The van der Waals surface area contributed by atoms with Gasteiger partial charge in [0, 0.05) is 32.1 Å². The Morgan fingerprint density at radius 3 is 2.72 bits per heavy atom. The Morgan fingerprint density at radius 1 is 1.10 bits per heavy atom. The van der Waals surface area contributed by atoms with E-state index < -0.39 is 0 Å². The highest BCUT2D eigenvalue weighted by atomic mass is 16.3. The number of carbonyl (C=O) groups excluding carboxylic acids is 1. The van der Waals surface area contributed by atoms with Gasteiger partial charge < -0.3 is 10.0 Å². The number of hydrogen-bond donors (Lipinski definition) is 1. The molecule has 0 radical (unpaired) electrons. The van der Waals surface area contributed by atoms with E-state index in [1.165, 1.54) is 22.4 Å². The lowest BCUT2D eigenvalue weighted by molar-refractivity contribution is -0.114. The Morgan fingerprint density at radius 2 is 1.93 bits per heavy atom. The van der Waals surface area contributed by atoms with Gasteiger partial charge in [-0.3, -0.25) is 4.79 Å². The smallest absolute Gasteiger partial charge is 0.156 e. The SMILES string of the molecule is CN(C)c1cccc(C2CC3(C)C(O)CCC3C3CCC4=CC(=O)CCC4=C23)c1. The number of rotatable bonds is 2. The van der Waals surface area contributed by atoms with Crippen LogP contribution in [0.4, 0.5) is 5.69 Å². The van der Waals surface area contributed by atoms with Crippen molar-refractivity contribution in [3.05, 3.63) is 52.6 Å². The summed E-state index contributed by atoms with van der Waals surface area (Å²) in [6.45, 7) is 2.34. The fourth-order valence-electron chi connectivity index (χ4n) is 6.95. The van der Waals surface area contributed by atoms with E-state index in [0.717, 1.165) is 38.5 Å². The van der Waals surface area contributed by atoms with Crippen molar-refractivity contribution in [2.24, 2.45) is 17.3 Å². The summed E-state index contributed by atoms with van der Waals surface area (Å²) in [5, 5.41) is 11.0. The van der Waals surface area contributed by atoms with Gasteiger partial charge in [0.25, 0.3) is 0 Å². The normalized spacial score (nSPS) is 36.3. The zero-order valence-electron chi connectivity index (χ0n) is 17.9. The summed E-state index contributed by atoms with van der Waals surface area (Å²) in [6.07, 6.45) is 8.57. The molecule has 3 heteroatoms. The third-order valence-electron chi connectivity index (χ3n) is 8.47. The summed E-state index contributed by atoms with van der Waals surface area (Å²) in [5.74, 6) is 1.78. The van der Waals surface area contributed by atoms with E-state index in [0.29, 0.717) is 30.0 Å². The standard InChI is InChI=1S/C26H33NO2/c1-26-15-22(16-5-4-6-18(13-16)27(2)3)25-20-10-8-19(28)14-17(20)7-9-21(25)23(26)11-12-24(26)29/h4-6,13-14,21-24,29H,7-12,15H2,1-3H3. The number of anilines is 1. The molecule has 0 amide bonds. The number of benzene rings is 1. The van der Waals surface area contributed by atoms with Gasteiger partial charge in [0.15, 0.2) is 5.78 Å². The number of nitrogens with zero attached hydrogens (tertiary/aromatic N) is 1. The van der Waals surface area contributed by atoms with Crippen molar-refractivity contribution in [3.63, 3.8) is 0 Å². The average molecular weight is 392 g/mol. The Kier molecular flexibility index (Phi) is 4.51. The molecular formula is C26H33NO2. The minimum absolute atomic E-state index is 0.000775. The molecule has 1 N–H and O–H groups in total. The molecule has 0 aromatic heterocycles. The number of hydrogen-bond acceptors (Lipinski definition) is 3. The van der Waals surface area contributed by atoms with Crippen LogP contribution >= 0.6 is 0 Å².